The van der Waals surface area contributed by atoms with Crippen LogP contribution in [0.3, 0.4) is 0 Å². The Morgan fingerprint density at radius 2 is 1.69 bits per heavy atom. The number of benzene rings is 2. The fourth-order valence-electron chi connectivity index (χ4n) is 5.31. The summed E-state index contributed by atoms with van der Waals surface area (Å²) < 4.78 is 5.67. The van der Waals surface area contributed by atoms with E-state index >= 15 is 0 Å². The number of carboxylic acid groups (broad SMARTS) is 1. The van der Waals surface area contributed by atoms with Gasteiger partial charge in [-0.05, 0) is 34.6 Å². The van der Waals surface area contributed by atoms with Gasteiger partial charge in [-0.3, -0.25) is 9.59 Å². The number of fused-ring (bicyclic) bond motifs is 3. The first-order valence-electron chi connectivity index (χ1n) is 12.5. The molecule has 3 unspecified atom stereocenters. The van der Waals surface area contributed by atoms with Crippen LogP contribution in [-0.4, -0.2) is 53.7 Å². The van der Waals surface area contributed by atoms with Crippen molar-refractivity contribution >= 4 is 18.0 Å². The van der Waals surface area contributed by atoms with Crippen LogP contribution < -0.4 is 5.32 Å². The highest BCUT2D eigenvalue weighted by atomic mass is 16.5. The van der Waals surface area contributed by atoms with Gasteiger partial charge in [-0.2, -0.15) is 0 Å². The molecule has 186 valence electrons. The number of hydrogen-bond acceptors (Lipinski definition) is 4. The molecule has 1 saturated heterocycles. The second-order valence-corrected chi connectivity index (χ2v) is 9.73. The van der Waals surface area contributed by atoms with Gasteiger partial charge in [0.2, 0.25) is 5.91 Å². The van der Waals surface area contributed by atoms with Gasteiger partial charge in [0.05, 0.1) is 5.92 Å². The lowest BCUT2D eigenvalue weighted by Gasteiger charge is -2.23. The van der Waals surface area contributed by atoms with Crippen LogP contribution in [0.15, 0.2) is 48.5 Å². The number of amides is 2. The number of carboxylic acids is 1. The van der Waals surface area contributed by atoms with Crippen LogP contribution in [0.4, 0.5) is 4.79 Å². The lowest BCUT2D eigenvalue weighted by Crippen LogP contribution is -2.41. The van der Waals surface area contributed by atoms with Crippen LogP contribution in [0, 0.1) is 11.8 Å². The Bertz CT molecular complexity index is 1040. The summed E-state index contributed by atoms with van der Waals surface area (Å²) in [6.45, 7) is 4.79. The number of likely N-dealkylation sites (tertiary alicyclic amines) is 1. The van der Waals surface area contributed by atoms with E-state index in [4.69, 9.17) is 4.74 Å². The number of carbonyl (C=O) groups excluding carboxylic acids is 2. The van der Waals surface area contributed by atoms with Gasteiger partial charge in [-0.1, -0.05) is 75.2 Å². The first-order valence-corrected chi connectivity index (χ1v) is 12.5. The standard InChI is InChI=1S/C28H34N2O5/c1-3-4-9-19(14-26(31)30-15-18(2)24(16-30)27(32)33)29-28(34)35-17-25-22-12-7-5-10-20(22)21-11-6-8-13-23(21)25/h5-8,10-13,18-19,24-25H,3-4,9,14-17H2,1-2H3,(H,29,34)(H,32,33). The van der Waals surface area contributed by atoms with E-state index in [1.54, 1.807) is 4.90 Å². The fraction of sp³-hybridized carbons (Fsp3) is 0.464. The number of carbonyl (C=O) groups is 3. The number of alkyl carbamates (subject to hydrolysis) is 1. The molecule has 1 fully saturated rings. The molecule has 3 atom stereocenters. The minimum Gasteiger partial charge on any atom is -0.481 e. The quantitative estimate of drug-likeness (QED) is 0.547. The zero-order valence-electron chi connectivity index (χ0n) is 20.4. The predicted octanol–water partition coefficient (Wildman–Crippen LogP) is 4.65. The van der Waals surface area contributed by atoms with Gasteiger partial charge in [0.25, 0.3) is 0 Å². The smallest absolute Gasteiger partial charge is 0.407 e. The Morgan fingerprint density at radius 3 is 2.26 bits per heavy atom. The molecule has 0 aromatic heterocycles. The van der Waals surface area contributed by atoms with Crippen molar-refractivity contribution in [2.24, 2.45) is 11.8 Å². The summed E-state index contributed by atoms with van der Waals surface area (Å²) in [6, 6.07) is 16.0. The zero-order chi connectivity index (χ0) is 24.9. The molecule has 0 radical (unpaired) electrons. The van der Waals surface area contributed by atoms with Crippen LogP contribution in [0.25, 0.3) is 11.1 Å². The molecule has 2 amide bonds. The van der Waals surface area contributed by atoms with E-state index in [1.807, 2.05) is 31.2 Å². The molecule has 7 heteroatoms. The second-order valence-electron chi connectivity index (χ2n) is 9.73. The average Bonchev–Trinajstić information content (AvgIpc) is 3.39. The predicted molar refractivity (Wildman–Crippen MR) is 133 cm³/mol. The van der Waals surface area contributed by atoms with Gasteiger partial charge in [0, 0.05) is 31.5 Å². The molecule has 1 aliphatic carbocycles. The highest BCUT2D eigenvalue weighted by Crippen LogP contribution is 2.44. The van der Waals surface area contributed by atoms with Gasteiger partial charge in [0.15, 0.2) is 0 Å². The minimum absolute atomic E-state index is 0.0251. The summed E-state index contributed by atoms with van der Waals surface area (Å²) in [5.74, 6) is -1.64. The monoisotopic (exact) mass is 478 g/mol. The molecule has 2 N–H and O–H groups in total. The normalized spacial score (nSPS) is 19.7. The number of aliphatic carboxylic acids is 1. The number of nitrogens with one attached hydrogen (secondary N) is 1. The first kappa shape index (κ1) is 24.8. The number of hydrogen-bond donors (Lipinski definition) is 2. The summed E-state index contributed by atoms with van der Waals surface area (Å²) in [6.07, 6.45) is 2.09. The lowest BCUT2D eigenvalue weighted by molar-refractivity contribution is -0.142. The molecule has 0 spiro atoms. The molecule has 2 aromatic carbocycles. The number of ether oxygens (including phenoxy) is 1. The zero-order valence-corrected chi connectivity index (χ0v) is 20.4. The third kappa shape index (κ3) is 5.50. The topological polar surface area (TPSA) is 95.9 Å². The molecule has 2 aromatic rings. The van der Waals surface area contributed by atoms with Crippen molar-refractivity contribution < 1.29 is 24.2 Å². The lowest BCUT2D eigenvalue weighted by atomic mass is 9.98. The largest absolute Gasteiger partial charge is 0.481 e. The molecule has 1 heterocycles. The Labute approximate surface area is 206 Å². The summed E-state index contributed by atoms with van der Waals surface area (Å²) in [4.78, 5) is 38.7. The van der Waals surface area contributed by atoms with Crippen molar-refractivity contribution in [2.75, 3.05) is 19.7 Å². The highest BCUT2D eigenvalue weighted by Gasteiger charge is 2.37. The average molecular weight is 479 g/mol. The second kappa shape index (κ2) is 10.9. The third-order valence-electron chi connectivity index (χ3n) is 7.28. The highest BCUT2D eigenvalue weighted by molar-refractivity contribution is 5.81. The van der Waals surface area contributed by atoms with E-state index in [0.29, 0.717) is 13.0 Å². The SMILES string of the molecule is CCCCC(CC(=O)N1CC(C)C(C(=O)O)C1)NC(=O)OCC1c2ccccc2-c2ccccc21. The van der Waals surface area contributed by atoms with Gasteiger partial charge in [0.1, 0.15) is 6.61 Å². The summed E-state index contributed by atoms with van der Waals surface area (Å²) >= 11 is 0. The van der Waals surface area contributed by atoms with Crippen molar-refractivity contribution in [3.05, 3.63) is 59.7 Å². The molecule has 0 bridgehead atoms. The molecule has 7 nitrogen and oxygen atoms in total. The van der Waals surface area contributed by atoms with Crippen LogP contribution in [0.5, 0.6) is 0 Å². The number of unbranched alkanes of at least 4 members (excludes halogenated alkanes) is 1. The number of nitrogens with zero attached hydrogens (tertiary/aromatic N) is 1. The van der Waals surface area contributed by atoms with Crippen molar-refractivity contribution in [3.8, 4) is 11.1 Å². The van der Waals surface area contributed by atoms with E-state index in [0.717, 1.165) is 24.0 Å². The molecule has 0 saturated carbocycles. The van der Waals surface area contributed by atoms with Crippen molar-refractivity contribution in [2.45, 2.75) is 51.5 Å². The summed E-state index contributed by atoms with van der Waals surface area (Å²) in [5.41, 5.74) is 4.64. The third-order valence-corrected chi connectivity index (χ3v) is 7.28. The Kier molecular flexibility index (Phi) is 7.73. The molecule has 2 aliphatic rings. The fourth-order valence-corrected chi connectivity index (χ4v) is 5.31. The van der Waals surface area contributed by atoms with Crippen LogP contribution in [0.2, 0.25) is 0 Å². The minimum atomic E-state index is -0.868. The van der Waals surface area contributed by atoms with Gasteiger partial charge in [-0.25, -0.2) is 4.79 Å². The summed E-state index contributed by atoms with van der Waals surface area (Å²) in [7, 11) is 0. The van der Waals surface area contributed by atoms with E-state index in [2.05, 4.69) is 36.5 Å². The Balaban J connectivity index is 1.36. The van der Waals surface area contributed by atoms with Crippen LogP contribution in [-0.2, 0) is 14.3 Å². The van der Waals surface area contributed by atoms with Gasteiger partial charge < -0.3 is 20.1 Å². The van der Waals surface area contributed by atoms with Crippen molar-refractivity contribution in [3.63, 3.8) is 0 Å². The van der Waals surface area contributed by atoms with E-state index in [9.17, 15) is 19.5 Å². The molecule has 4 rings (SSSR count). The van der Waals surface area contributed by atoms with Crippen molar-refractivity contribution in [1.82, 2.24) is 10.2 Å². The Morgan fingerprint density at radius 1 is 1.06 bits per heavy atom. The summed E-state index contributed by atoms with van der Waals surface area (Å²) in [5, 5.41) is 12.3. The maximum absolute atomic E-state index is 12.9. The Hall–Kier alpha value is -3.35. The van der Waals surface area contributed by atoms with Crippen LogP contribution >= 0.6 is 0 Å². The van der Waals surface area contributed by atoms with Crippen LogP contribution in [0.1, 0.15) is 56.6 Å². The maximum Gasteiger partial charge on any atom is 0.407 e. The maximum atomic E-state index is 12.9. The molecule has 1 aliphatic heterocycles. The molecular weight excluding hydrogens is 444 g/mol. The van der Waals surface area contributed by atoms with Crippen molar-refractivity contribution in [1.29, 1.82) is 0 Å². The molecular formula is C28H34N2O5. The van der Waals surface area contributed by atoms with E-state index in [-0.39, 0.29) is 43.4 Å². The van der Waals surface area contributed by atoms with Gasteiger partial charge >= 0.3 is 12.1 Å². The molecule has 35 heavy (non-hydrogen) atoms. The van der Waals surface area contributed by atoms with Gasteiger partial charge in [-0.15, -0.1) is 0 Å². The first-order chi connectivity index (χ1) is 16.9. The van der Waals surface area contributed by atoms with E-state index < -0.39 is 18.0 Å². The number of rotatable bonds is 9. The van der Waals surface area contributed by atoms with E-state index in [1.165, 1.54) is 11.1 Å².